The van der Waals surface area contributed by atoms with E-state index in [1.54, 1.807) is 0 Å². The largest absolute Gasteiger partial charge is 0.393 e. The minimum Gasteiger partial charge on any atom is -0.393 e. The predicted octanol–water partition coefficient (Wildman–Crippen LogP) is 1.59. The van der Waals surface area contributed by atoms with Crippen LogP contribution in [-0.2, 0) is 0 Å². The Bertz CT molecular complexity index is 136. The number of alkyl halides is 1. The zero-order valence-corrected chi connectivity index (χ0v) is 12.7. The van der Waals surface area contributed by atoms with Crippen molar-refractivity contribution in [1.82, 2.24) is 9.80 Å². The van der Waals surface area contributed by atoms with E-state index in [-0.39, 0.29) is 6.10 Å². The molecule has 2 saturated heterocycles. The van der Waals surface area contributed by atoms with Gasteiger partial charge in [0.2, 0.25) is 0 Å². The fourth-order valence-corrected chi connectivity index (χ4v) is 2.53. The SMILES string of the molecule is CN1CCC(I)CC1.CN1CCC(O)CC1. The summed E-state index contributed by atoms with van der Waals surface area (Å²) in [6.07, 6.45) is 4.66. The second-order valence-electron chi connectivity index (χ2n) is 5.01. The van der Waals surface area contributed by atoms with E-state index < -0.39 is 0 Å². The van der Waals surface area contributed by atoms with Crippen molar-refractivity contribution in [3.8, 4) is 0 Å². The highest BCUT2D eigenvalue weighted by atomic mass is 127. The molecule has 1 N–H and O–H groups in total. The van der Waals surface area contributed by atoms with Crippen LogP contribution in [0.3, 0.4) is 0 Å². The van der Waals surface area contributed by atoms with Crippen molar-refractivity contribution in [2.24, 2.45) is 0 Å². The summed E-state index contributed by atoms with van der Waals surface area (Å²) in [5, 5.41) is 9.00. The highest BCUT2D eigenvalue weighted by molar-refractivity contribution is 14.1. The number of likely N-dealkylation sites (tertiary alicyclic amines) is 2. The number of hydrogen-bond acceptors (Lipinski definition) is 3. The molecular weight excluding hydrogens is 315 g/mol. The molecular formula is C12H25IN2O. The number of hydrogen-bond donors (Lipinski definition) is 1. The normalized spacial score (nSPS) is 26.2. The molecule has 2 heterocycles. The average Bonchev–Trinajstić information content (AvgIpc) is 2.28. The van der Waals surface area contributed by atoms with Gasteiger partial charge in [0.25, 0.3) is 0 Å². The zero-order valence-electron chi connectivity index (χ0n) is 10.5. The molecule has 0 bridgehead atoms. The highest BCUT2D eigenvalue weighted by Crippen LogP contribution is 2.15. The molecule has 0 unspecified atom stereocenters. The summed E-state index contributed by atoms with van der Waals surface area (Å²) in [4.78, 5) is 4.64. The van der Waals surface area contributed by atoms with Gasteiger partial charge in [-0.2, -0.15) is 0 Å². The molecule has 0 aliphatic carbocycles. The number of piperidine rings is 2. The van der Waals surface area contributed by atoms with Crippen LogP contribution in [0.4, 0.5) is 0 Å². The van der Waals surface area contributed by atoms with Crippen molar-refractivity contribution < 1.29 is 5.11 Å². The van der Waals surface area contributed by atoms with Crippen molar-refractivity contribution >= 4 is 22.6 Å². The number of aliphatic hydroxyl groups excluding tert-OH is 1. The Morgan fingerprint density at radius 3 is 1.56 bits per heavy atom. The lowest BCUT2D eigenvalue weighted by Gasteiger charge is -2.25. The first kappa shape index (κ1) is 14.7. The lowest BCUT2D eigenvalue weighted by atomic mass is 10.1. The third kappa shape index (κ3) is 6.37. The molecule has 96 valence electrons. The van der Waals surface area contributed by atoms with E-state index in [9.17, 15) is 0 Å². The Morgan fingerprint density at radius 1 is 0.875 bits per heavy atom. The van der Waals surface area contributed by atoms with Crippen molar-refractivity contribution in [2.45, 2.75) is 35.7 Å². The third-order valence-corrected chi connectivity index (χ3v) is 4.58. The van der Waals surface area contributed by atoms with Gasteiger partial charge < -0.3 is 14.9 Å². The van der Waals surface area contributed by atoms with Crippen LogP contribution in [0.1, 0.15) is 25.7 Å². The smallest absolute Gasteiger partial charge is 0.0564 e. The number of rotatable bonds is 0. The van der Waals surface area contributed by atoms with Crippen LogP contribution >= 0.6 is 22.6 Å². The van der Waals surface area contributed by atoms with E-state index >= 15 is 0 Å². The van der Waals surface area contributed by atoms with Gasteiger partial charge >= 0.3 is 0 Å². The molecule has 2 rings (SSSR count). The highest BCUT2D eigenvalue weighted by Gasteiger charge is 2.12. The molecule has 0 amide bonds. The Kier molecular flexibility index (Phi) is 7.19. The molecule has 2 aliphatic heterocycles. The lowest BCUT2D eigenvalue weighted by molar-refractivity contribution is 0.0943. The van der Waals surface area contributed by atoms with E-state index in [2.05, 4.69) is 46.5 Å². The average molecular weight is 340 g/mol. The molecule has 0 aromatic heterocycles. The van der Waals surface area contributed by atoms with E-state index in [1.165, 1.54) is 25.9 Å². The molecule has 4 heteroatoms. The molecule has 0 radical (unpaired) electrons. The second kappa shape index (κ2) is 7.84. The summed E-state index contributed by atoms with van der Waals surface area (Å²) in [5.74, 6) is 0. The van der Waals surface area contributed by atoms with Gasteiger partial charge in [0, 0.05) is 17.0 Å². The summed E-state index contributed by atoms with van der Waals surface area (Å²) in [5.41, 5.74) is 0. The number of aliphatic hydroxyl groups is 1. The van der Waals surface area contributed by atoms with E-state index in [0.29, 0.717) is 0 Å². The van der Waals surface area contributed by atoms with Gasteiger partial charge in [0.15, 0.2) is 0 Å². The zero-order chi connectivity index (χ0) is 12.0. The first-order chi connectivity index (χ1) is 7.58. The fraction of sp³-hybridized carbons (Fsp3) is 1.00. The minimum atomic E-state index is -0.0220. The molecule has 0 spiro atoms. The molecule has 0 aromatic carbocycles. The fourth-order valence-electron chi connectivity index (χ4n) is 1.97. The molecule has 16 heavy (non-hydrogen) atoms. The van der Waals surface area contributed by atoms with Crippen LogP contribution < -0.4 is 0 Å². The topological polar surface area (TPSA) is 26.7 Å². The maximum absolute atomic E-state index is 9.00. The van der Waals surface area contributed by atoms with Crippen LogP contribution in [0.2, 0.25) is 0 Å². The summed E-state index contributed by atoms with van der Waals surface area (Å²) in [6, 6.07) is 0. The van der Waals surface area contributed by atoms with Crippen LogP contribution in [0.15, 0.2) is 0 Å². The van der Waals surface area contributed by atoms with Crippen LogP contribution in [0, 0.1) is 0 Å². The molecule has 3 nitrogen and oxygen atoms in total. The molecule has 0 saturated carbocycles. The number of nitrogens with zero attached hydrogens (tertiary/aromatic N) is 2. The lowest BCUT2D eigenvalue weighted by Crippen LogP contribution is -2.32. The van der Waals surface area contributed by atoms with E-state index in [1.807, 2.05) is 0 Å². The van der Waals surface area contributed by atoms with Gasteiger partial charge in [0.05, 0.1) is 6.10 Å². The summed E-state index contributed by atoms with van der Waals surface area (Å²) in [6.45, 7) is 4.71. The first-order valence-electron chi connectivity index (χ1n) is 6.27. The standard InChI is InChI=1S/C6H12IN.C6H13NO/c1-8-4-2-6(7)3-5-8;1-7-4-2-6(8)3-5-7/h6H,2-5H2,1H3;6,8H,2-5H2,1H3. The van der Waals surface area contributed by atoms with Crippen molar-refractivity contribution in [3.63, 3.8) is 0 Å². The number of halogens is 1. The molecule has 2 aliphatic rings. The maximum Gasteiger partial charge on any atom is 0.0564 e. The predicted molar refractivity (Wildman–Crippen MR) is 77.3 cm³/mol. The summed E-state index contributed by atoms with van der Waals surface area (Å²) >= 11 is 2.54. The van der Waals surface area contributed by atoms with Crippen LogP contribution in [-0.4, -0.2) is 65.2 Å². The van der Waals surface area contributed by atoms with Gasteiger partial charge in [-0.1, -0.05) is 22.6 Å². The molecule has 0 atom stereocenters. The van der Waals surface area contributed by atoms with Gasteiger partial charge in [-0.3, -0.25) is 0 Å². The minimum absolute atomic E-state index is 0.0220. The summed E-state index contributed by atoms with van der Waals surface area (Å²) < 4.78 is 0.948. The maximum atomic E-state index is 9.00. The van der Waals surface area contributed by atoms with Crippen molar-refractivity contribution in [3.05, 3.63) is 0 Å². The van der Waals surface area contributed by atoms with E-state index in [0.717, 1.165) is 29.9 Å². The second-order valence-corrected chi connectivity index (χ2v) is 6.77. The van der Waals surface area contributed by atoms with E-state index in [4.69, 9.17) is 5.11 Å². The van der Waals surface area contributed by atoms with Crippen molar-refractivity contribution in [1.29, 1.82) is 0 Å². The Balaban J connectivity index is 0.000000160. The van der Waals surface area contributed by atoms with Gasteiger partial charge in [-0.05, 0) is 52.9 Å². The third-order valence-electron chi connectivity index (χ3n) is 3.34. The Morgan fingerprint density at radius 2 is 1.25 bits per heavy atom. The quantitative estimate of drug-likeness (QED) is 0.536. The van der Waals surface area contributed by atoms with Gasteiger partial charge in [0.1, 0.15) is 0 Å². The Hall–Kier alpha value is 0.610. The van der Waals surface area contributed by atoms with Crippen molar-refractivity contribution in [2.75, 3.05) is 40.3 Å². The van der Waals surface area contributed by atoms with Crippen LogP contribution in [0.5, 0.6) is 0 Å². The van der Waals surface area contributed by atoms with Gasteiger partial charge in [-0.25, -0.2) is 0 Å². The monoisotopic (exact) mass is 340 g/mol. The first-order valence-corrected chi connectivity index (χ1v) is 7.51. The molecule has 2 fully saturated rings. The van der Waals surface area contributed by atoms with Crippen LogP contribution in [0.25, 0.3) is 0 Å². The molecule has 0 aromatic rings. The van der Waals surface area contributed by atoms with Gasteiger partial charge in [-0.15, -0.1) is 0 Å². The Labute approximate surface area is 113 Å². The summed E-state index contributed by atoms with van der Waals surface area (Å²) in [7, 11) is 4.29.